The number of rotatable bonds is 5. The third-order valence-electron chi connectivity index (χ3n) is 8.82. The minimum absolute atomic E-state index is 0.0121. The minimum atomic E-state index is 0.0121. The fraction of sp³-hybridized carbons (Fsp3) is 0.0952. The molecule has 0 fully saturated rings. The van der Waals surface area contributed by atoms with Gasteiger partial charge in [0.2, 0.25) is 0 Å². The Bertz CT molecular complexity index is 2430. The van der Waals surface area contributed by atoms with E-state index in [9.17, 15) is 5.11 Å². The van der Waals surface area contributed by atoms with Gasteiger partial charge in [-0.15, -0.1) is 0 Å². The Kier molecular flexibility index (Phi) is 6.76. The van der Waals surface area contributed by atoms with Gasteiger partial charge in [0, 0.05) is 39.9 Å². The van der Waals surface area contributed by atoms with Crippen LogP contribution < -0.4 is 0 Å². The lowest BCUT2D eigenvalue weighted by Gasteiger charge is -2.19. The van der Waals surface area contributed by atoms with Gasteiger partial charge in [0.05, 0.1) is 40.1 Å². The van der Waals surface area contributed by atoms with Crippen LogP contribution in [0.4, 0.5) is 0 Å². The number of phenols is 1. The second kappa shape index (κ2) is 11.1. The zero-order valence-electron chi connectivity index (χ0n) is 26.5. The molecule has 8 aromatic rings. The van der Waals surface area contributed by atoms with E-state index in [1.807, 2.05) is 36.5 Å². The zero-order chi connectivity index (χ0) is 32.1. The van der Waals surface area contributed by atoms with Gasteiger partial charge in [-0.3, -0.25) is 4.98 Å². The van der Waals surface area contributed by atoms with Crippen molar-refractivity contribution in [1.29, 1.82) is 0 Å². The number of nitrogens with zero attached hydrogens (tertiary/aromatic N) is 3. The van der Waals surface area contributed by atoms with E-state index in [-0.39, 0.29) is 11.2 Å². The van der Waals surface area contributed by atoms with Crippen LogP contribution in [-0.4, -0.2) is 19.6 Å². The van der Waals surface area contributed by atoms with Gasteiger partial charge in [-0.05, 0) is 77.2 Å². The highest BCUT2D eigenvalue weighted by molar-refractivity contribution is 6.06. The van der Waals surface area contributed by atoms with Crippen LogP contribution in [-0.2, 0) is 5.41 Å². The Hall–Kier alpha value is -5.94. The maximum Gasteiger partial charge on any atom is 0.159 e. The van der Waals surface area contributed by atoms with Crippen molar-refractivity contribution in [2.75, 3.05) is 0 Å². The van der Waals surface area contributed by atoms with Gasteiger partial charge in [0.15, 0.2) is 5.58 Å². The molecule has 5 nitrogen and oxygen atoms in total. The van der Waals surface area contributed by atoms with Crippen molar-refractivity contribution in [2.45, 2.75) is 26.2 Å². The lowest BCUT2D eigenvalue weighted by molar-refractivity contribution is 0.477. The molecule has 0 saturated heterocycles. The molecule has 1 N–H and O–H groups in total. The monoisotopic (exact) mass is 611 g/mol. The van der Waals surface area contributed by atoms with Gasteiger partial charge in [0.1, 0.15) is 5.75 Å². The van der Waals surface area contributed by atoms with E-state index >= 15 is 0 Å². The molecule has 0 spiro atoms. The molecule has 47 heavy (non-hydrogen) atoms. The lowest BCUT2D eigenvalue weighted by Crippen LogP contribution is -2.11. The first-order valence-corrected chi connectivity index (χ1v) is 15.8. The summed E-state index contributed by atoms with van der Waals surface area (Å²) in [4.78, 5) is 9.85. The van der Waals surface area contributed by atoms with Crippen molar-refractivity contribution in [3.63, 3.8) is 0 Å². The van der Waals surface area contributed by atoms with Crippen molar-refractivity contribution >= 4 is 22.0 Å². The summed E-state index contributed by atoms with van der Waals surface area (Å²) < 4.78 is 8.22. The average molecular weight is 612 g/mol. The number of benzene rings is 4. The van der Waals surface area contributed by atoms with E-state index in [1.165, 1.54) is 5.56 Å². The van der Waals surface area contributed by atoms with E-state index in [0.29, 0.717) is 11.3 Å². The number of phenolic OH excluding ortho intramolecular Hbond substituents is 1. The maximum absolute atomic E-state index is 10.9. The second-order valence-electron chi connectivity index (χ2n) is 12.9. The van der Waals surface area contributed by atoms with Crippen LogP contribution in [0.3, 0.4) is 0 Å². The molecule has 0 aliphatic carbocycles. The van der Waals surface area contributed by atoms with E-state index in [4.69, 9.17) is 14.4 Å². The molecule has 5 heteroatoms. The third kappa shape index (κ3) is 5.06. The van der Waals surface area contributed by atoms with Crippen molar-refractivity contribution in [2.24, 2.45) is 0 Å². The molecule has 4 aromatic carbocycles. The molecule has 0 atom stereocenters. The van der Waals surface area contributed by atoms with Crippen LogP contribution in [0.1, 0.15) is 26.3 Å². The summed E-state index contributed by atoms with van der Waals surface area (Å²) in [5.41, 5.74) is 12.3. The van der Waals surface area contributed by atoms with Crippen molar-refractivity contribution in [3.8, 4) is 56.3 Å². The number of pyridine rings is 2. The Morgan fingerprint density at radius 2 is 1.34 bits per heavy atom. The average Bonchev–Trinajstić information content (AvgIpc) is 3.69. The fourth-order valence-electron chi connectivity index (χ4n) is 6.40. The van der Waals surface area contributed by atoms with Crippen LogP contribution in [0.2, 0.25) is 0 Å². The molecule has 0 saturated carbocycles. The molecule has 228 valence electrons. The molecule has 0 unspecified atom stereocenters. The number of fused-ring (bicyclic) bond motifs is 3. The SMILES string of the molecule is CC(C)(C)c1ccnc(-c2cccc(-c3cc(-c4ccccc4-n4c5ccccc5c5occc54)cc(-c4ccccc4O)n3)c2)c1. The molecular weight excluding hydrogens is 578 g/mol. The first-order chi connectivity index (χ1) is 22.8. The quantitative estimate of drug-likeness (QED) is 0.210. The van der Waals surface area contributed by atoms with Crippen LogP contribution in [0.5, 0.6) is 5.75 Å². The zero-order valence-corrected chi connectivity index (χ0v) is 26.5. The Morgan fingerprint density at radius 1 is 0.617 bits per heavy atom. The highest BCUT2D eigenvalue weighted by Crippen LogP contribution is 2.40. The standard InChI is InChI=1S/C42H33N3O2/c1-42(2,3)30-19-21-43-34(26-30)27-11-10-12-28(23-27)35-24-29(25-36(44-35)32-14-6-9-18-40(32)46)31-13-4-7-16-37(31)45-38-17-8-5-15-33(38)41-39(45)20-22-47-41/h4-26,46H,1-3H3. The van der Waals surface area contributed by atoms with Crippen LogP contribution >= 0.6 is 0 Å². The predicted molar refractivity (Wildman–Crippen MR) is 191 cm³/mol. The maximum atomic E-state index is 10.9. The molecule has 0 radical (unpaired) electrons. The Labute approximate surface area is 273 Å². The molecule has 4 heterocycles. The van der Waals surface area contributed by atoms with Gasteiger partial charge in [-0.25, -0.2) is 4.98 Å². The molecule has 0 amide bonds. The topological polar surface area (TPSA) is 64.1 Å². The summed E-state index contributed by atoms with van der Waals surface area (Å²) >= 11 is 0. The number of aromatic nitrogens is 3. The van der Waals surface area contributed by atoms with E-state index < -0.39 is 0 Å². The predicted octanol–water partition coefficient (Wildman–Crippen LogP) is 10.8. The number of hydrogen-bond acceptors (Lipinski definition) is 4. The van der Waals surface area contributed by atoms with Gasteiger partial charge in [-0.2, -0.15) is 0 Å². The van der Waals surface area contributed by atoms with Crippen LogP contribution in [0.15, 0.2) is 144 Å². The van der Waals surface area contributed by atoms with E-state index in [2.05, 4.69) is 116 Å². The molecule has 8 rings (SSSR count). The molecule has 0 aliphatic heterocycles. The van der Waals surface area contributed by atoms with E-state index in [1.54, 1.807) is 12.3 Å². The number of para-hydroxylation sites is 3. The molecular formula is C42H33N3O2. The second-order valence-corrected chi connectivity index (χ2v) is 12.9. The van der Waals surface area contributed by atoms with E-state index in [0.717, 1.165) is 61.3 Å². The highest BCUT2D eigenvalue weighted by Gasteiger charge is 2.20. The first kappa shape index (κ1) is 28.5. The first-order valence-electron chi connectivity index (χ1n) is 15.8. The molecule has 0 aliphatic rings. The van der Waals surface area contributed by atoms with Crippen molar-refractivity contribution < 1.29 is 9.52 Å². The van der Waals surface area contributed by atoms with Gasteiger partial charge < -0.3 is 14.1 Å². The Balaban J connectivity index is 1.34. The fourth-order valence-corrected chi connectivity index (χ4v) is 6.40. The third-order valence-corrected chi connectivity index (χ3v) is 8.82. The molecule has 0 bridgehead atoms. The summed E-state index contributed by atoms with van der Waals surface area (Å²) in [7, 11) is 0. The summed E-state index contributed by atoms with van der Waals surface area (Å²) in [6.45, 7) is 6.64. The number of furan rings is 1. The summed E-state index contributed by atoms with van der Waals surface area (Å²) in [6.07, 6.45) is 3.63. The van der Waals surface area contributed by atoms with Crippen molar-refractivity contribution in [1.82, 2.24) is 14.5 Å². The summed E-state index contributed by atoms with van der Waals surface area (Å²) in [5, 5.41) is 12.0. The number of aromatic hydroxyl groups is 1. The van der Waals surface area contributed by atoms with Gasteiger partial charge >= 0.3 is 0 Å². The summed E-state index contributed by atoms with van der Waals surface area (Å²) in [6, 6.07) is 42.9. The van der Waals surface area contributed by atoms with Gasteiger partial charge in [-0.1, -0.05) is 81.4 Å². The smallest absolute Gasteiger partial charge is 0.159 e. The number of hydrogen-bond donors (Lipinski definition) is 1. The molecule has 4 aromatic heterocycles. The van der Waals surface area contributed by atoms with Gasteiger partial charge in [0.25, 0.3) is 0 Å². The lowest BCUT2D eigenvalue weighted by atomic mass is 9.87. The van der Waals surface area contributed by atoms with Crippen molar-refractivity contribution in [3.05, 3.63) is 145 Å². The van der Waals surface area contributed by atoms with Crippen LogP contribution in [0.25, 0.3) is 72.6 Å². The minimum Gasteiger partial charge on any atom is -0.507 e. The highest BCUT2D eigenvalue weighted by atomic mass is 16.3. The van der Waals surface area contributed by atoms with Crippen LogP contribution in [0, 0.1) is 0 Å². The normalized spacial score (nSPS) is 11.8. The Morgan fingerprint density at radius 3 is 2.17 bits per heavy atom. The largest absolute Gasteiger partial charge is 0.507 e. The summed E-state index contributed by atoms with van der Waals surface area (Å²) in [5.74, 6) is 0.185.